The molecule has 0 bridgehead atoms. The predicted octanol–water partition coefficient (Wildman–Crippen LogP) is 0.552. The Kier molecular flexibility index (Phi) is 2.83. The second kappa shape index (κ2) is 4.40. The number of hydrogen-bond donors (Lipinski definition) is 2. The molecule has 19 heavy (non-hydrogen) atoms. The SMILES string of the molecule is Cn1c(=O)oc2cc(NCC3(CO)COC3)ccc21. The van der Waals surface area contributed by atoms with Gasteiger partial charge >= 0.3 is 5.76 Å². The molecule has 1 aliphatic rings. The van der Waals surface area contributed by atoms with Gasteiger partial charge in [-0.1, -0.05) is 0 Å². The Balaban J connectivity index is 1.80. The van der Waals surface area contributed by atoms with Crippen LogP contribution in [0.4, 0.5) is 5.69 Å². The van der Waals surface area contributed by atoms with E-state index in [1.165, 1.54) is 4.57 Å². The summed E-state index contributed by atoms with van der Waals surface area (Å²) in [5.74, 6) is -0.369. The maximum absolute atomic E-state index is 11.4. The van der Waals surface area contributed by atoms with Gasteiger partial charge in [0.2, 0.25) is 0 Å². The molecule has 0 unspecified atom stereocenters. The van der Waals surface area contributed by atoms with Crippen LogP contribution in [0.3, 0.4) is 0 Å². The van der Waals surface area contributed by atoms with E-state index in [2.05, 4.69) is 5.32 Å². The highest BCUT2D eigenvalue weighted by Crippen LogP contribution is 2.27. The molecule has 2 N–H and O–H groups in total. The van der Waals surface area contributed by atoms with Gasteiger partial charge in [-0.15, -0.1) is 0 Å². The van der Waals surface area contributed by atoms with E-state index in [0.717, 1.165) is 11.2 Å². The van der Waals surface area contributed by atoms with Gasteiger partial charge in [-0.05, 0) is 12.1 Å². The third-order valence-electron chi connectivity index (χ3n) is 3.61. The monoisotopic (exact) mass is 264 g/mol. The quantitative estimate of drug-likeness (QED) is 0.843. The summed E-state index contributed by atoms with van der Waals surface area (Å²) in [6.45, 7) is 1.87. The van der Waals surface area contributed by atoms with Crippen LogP contribution in [-0.4, -0.2) is 36.0 Å². The Bertz CT molecular complexity index is 649. The molecule has 1 saturated heterocycles. The minimum Gasteiger partial charge on any atom is -0.408 e. The molecule has 1 fully saturated rings. The molecule has 3 rings (SSSR count). The first-order valence-corrected chi connectivity index (χ1v) is 6.16. The van der Waals surface area contributed by atoms with Gasteiger partial charge in [-0.3, -0.25) is 4.57 Å². The number of nitrogens with one attached hydrogen (secondary N) is 1. The number of hydrogen-bond acceptors (Lipinski definition) is 5. The molecule has 0 aliphatic carbocycles. The average Bonchev–Trinajstić information content (AvgIpc) is 2.64. The molecule has 6 heteroatoms. The molecular formula is C13H16N2O4. The zero-order valence-electron chi connectivity index (χ0n) is 10.7. The van der Waals surface area contributed by atoms with Gasteiger partial charge < -0.3 is 19.6 Å². The Hall–Kier alpha value is -1.79. The second-order valence-corrected chi connectivity index (χ2v) is 5.11. The fraction of sp³-hybridized carbons (Fsp3) is 0.462. The predicted molar refractivity (Wildman–Crippen MR) is 70.3 cm³/mol. The van der Waals surface area contributed by atoms with E-state index in [4.69, 9.17) is 9.15 Å². The summed E-state index contributed by atoms with van der Waals surface area (Å²) in [5, 5.41) is 12.6. The van der Waals surface area contributed by atoms with Gasteiger partial charge in [0.15, 0.2) is 5.58 Å². The normalized spacial score (nSPS) is 17.4. The maximum atomic E-state index is 11.4. The number of anilines is 1. The van der Waals surface area contributed by atoms with E-state index in [-0.39, 0.29) is 17.8 Å². The lowest BCUT2D eigenvalue weighted by atomic mass is 9.87. The summed E-state index contributed by atoms with van der Waals surface area (Å²) >= 11 is 0. The van der Waals surface area contributed by atoms with Gasteiger partial charge in [-0.2, -0.15) is 0 Å². The largest absolute Gasteiger partial charge is 0.419 e. The van der Waals surface area contributed by atoms with Crippen molar-refractivity contribution in [1.29, 1.82) is 0 Å². The fourth-order valence-electron chi connectivity index (χ4n) is 2.17. The van der Waals surface area contributed by atoms with Crippen molar-refractivity contribution in [2.45, 2.75) is 0 Å². The van der Waals surface area contributed by atoms with E-state index in [1.54, 1.807) is 13.1 Å². The first-order chi connectivity index (χ1) is 9.13. The highest BCUT2D eigenvalue weighted by atomic mass is 16.5. The van der Waals surface area contributed by atoms with Crippen LogP contribution in [0.5, 0.6) is 0 Å². The van der Waals surface area contributed by atoms with E-state index in [0.29, 0.717) is 25.3 Å². The number of fused-ring (bicyclic) bond motifs is 1. The van der Waals surface area contributed by atoms with E-state index in [9.17, 15) is 9.90 Å². The third-order valence-corrected chi connectivity index (χ3v) is 3.61. The Morgan fingerprint density at radius 1 is 1.47 bits per heavy atom. The van der Waals surface area contributed by atoms with Crippen LogP contribution in [0.15, 0.2) is 27.4 Å². The molecule has 0 spiro atoms. The van der Waals surface area contributed by atoms with Crippen molar-refractivity contribution in [3.63, 3.8) is 0 Å². The maximum Gasteiger partial charge on any atom is 0.419 e. The third kappa shape index (κ3) is 2.02. The highest BCUT2D eigenvalue weighted by molar-refractivity contribution is 5.77. The summed E-state index contributed by atoms with van der Waals surface area (Å²) in [4.78, 5) is 11.4. The molecule has 0 amide bonds. The summed E-state index contributed by atoms with van der Waals surface area (Å²) in [5.41, 5.74) is 1.99. The number of aryl methyl sites for hydroxylation is 1. The molecule has 2 aromatic rings. The van der Waals surface area contributed by atoms with Crippen LogP contribution < -0.4 is 11.1 Å². The van der Waals surface area contributed by atoms with Gasteiger partial charge in [0.1, 0.15) is 0 Å². The lowest BCUT2D eigenvalue weighted by Gasteiger charge is -2.40. The standard InChI is InChI=1S/C13H16N2O4/c1-15-10-3-2-9(4-11(10)19-12(15)17)14-5-13(6-16)7-18-8-13/h2-4,14,16H,5-8H2,1H3. The van der Waals surface area contributed by atoms with Gasteiger partial charge in [-0.25, -0.2) is 4.79 Å². The number of aliphatic hydroxyl groups excluding tert-OH is 1. The van der Waals surface area contributed by atoms with Crippen LogP contribution in [0.25, 0.3) is 11.1 Å². The summed E-state index contributed by atoms with van der Waals surface area (Å²) in [6, 6.07) is 5.52. The average molecular weight is 264 g/mol. The minimum atomic E-state index is -0.369. The van der Waals surface area contributed by atoms with Gasteiger partial charge in [0.25, 0.3) is 0 Å². The lowest BCUT2D eigenvalue weighted by molar-refractivity contribution is -0.128. The second-order valence-electron chi connectivity index (χ2n) is 5.11. The number of ether oxygens (including phenoxy) is 1. The van der Waals surface area contributed by atoms with Crippen molar-refractivity contribution >= 4 is 16.8 Å². The number of aromatic nitrogens is 1. The fourth-order valence-corrected chi connectivity index (χ4v) is 2.17. The zero-order valence-corrected chi connectivity index (χ0v) is 10.7. The Labute approximate surface area is 109 Å². The van der Waals surface area contributed by atoms with E-state index in [1.807, 2.05) is 12.1 Å². The van der Waals surface area contributed by atoms with Crippen molar-refractivity contribution in [2.75, 3.05) is 31.7 Å². The molecular weight excluding hydrogens is 248 g/mol. The molecule has 6 nitrogen and oxygen atoms in total. The van der Waals surface area contributed by atoms with Gasteiger partial charge in [0, 0.05) is 25.3 Å². The molecule has 2 heterocycles. The van der Waals surface area contributed by atoms with E-state index < -0.39 is 0 Å². The number of benzene rings is 1. The van der Waals surface area contributed by atoms with Crippen LogP contribution in [0.2, 0.25) is 0 Å². The minimum absolute atomic E-state index is 0.0999. The van der Waals surface area contributed by atoms with Crippen molar-refractivity contribution < 1.29 is 14.3 Å². The molecule has 0 radical (unpaired) electrons. The van der Waals surface area contributed by atoms with Crippen molar-refractivity contribution in [3.05, 3.63) is 28.7 Å². The first kappa shape index (κ1) is 12.3. The molecule has 102 valence electrons. The van der Waals surface area contributed by atoms with Crippen molar-refractivity contribution in [2.24, 2.45) is 12.5 Å². The number of oxazole rings is 1. The summed E-state index contributed by atoms with van der Waals surface area (Å²) in [6.07, 6.45) is 0. The van der Waals surface area contributed by atoms with Crippen LogP contribution in [-0.2, 0) is 11.8 Å². The van der Waals surface area contributed by atoms with Gasteiger partial charge in [0.05, 0.1) is 30.8 Å². The first-order valence-electron chi connectivity index (χ1n) is 6.16. The Morgan fingerprint density at radius 3 is 2.89 bits per heavy atom. The van der Waals surface area contributed by atoms with Crippen molar-refractivity contribution in [1.82, 2.24) is 4.57 Å². The Morgan fingerprint density at radius 2 is 2.26 bits per heavy atom. The number of aliphatic hydroxyl groups is 1. The smallest absolute Gasteiger partial charge is 0.408 e. The van der Waals surface area contributed by atoms with E-state index >= 15 is 0 Å². The molecule has 1 aliphatic heterocycles. The molecule has 1 aromatic carbocycles. The highest BCUT2D eigenvalue weighted by Gasteiger charge is 2.37. The number of nitrogens with zero attached hydrogens (tertiary/aromatic N) is 1. The molecule has 1 aromatic heterocycles. The topological polar surface area (TPSA) is 76.6 Å². The van der Waals surface area contributed by atoms with Crippen LogP contribution in [0, 0.1) is 5.41 Å². The number of rotatable bonds is 4. The van der Waals surface area contributed by atoms with Crippen molar-refractivity contribution in [3.8, 4) is 0 Å². The summed E-state index contributed by atoms with van der Waals surface area (Å²) in [7, 11) is 1.67. The molecule has 0 saturated carbocycles. The summed E-state index contributed by atoms with van der Waals surface area (Å²) < 4.78 is 11.7. The van der Waals surface area contributed by atoms with Crippen LogP contribution in [0.1, 0.15) is 0 Å². The van der Waals surface area contributed by atoms with Crippen LogP contribution >= 0.6 is 0 Å². The lowest BCUT2D eigenvalue weighted by Crippen LogP contribution is -2.50. The molecule has 0 atom stereocenters. The zero-order chi connectivity index (χ0) is 13.5.